The summed E-state index contributed by atoms with van der Waals surface area (Å²) in [6.07, 6.45) is 12.6. The van der Waals surface area contributed by atoms with Crippen molar-refractivity contribution in [2.24, 2.45) is 0 Å². The second kappa shape index (κ2) is 17.7. The Labute approximate surface area is 230 Å². The van der Waals surface area contributed by atoms with Gasteiger partial charge in [-0.1, -0.05) is 45.1 Å². The second-order valence-corrected chi connectivity index (χ2v) is 10.1. The zero-order valence-electron chi connectivity index (χ0n) is 24.1. The highest BCUT2D eigenvalue weighted by molar-refractivity contribution is 5.97. The van der Waals surface area contributed by atoms with E-state index in [9.17, 15) is 9.59 Å². The van der Waals surface area contributed by atoms with E-state index >= 15 is 0 Å². The highest BCUT2D eigenvalue weighted by atomic mass is 16.5. The molecule has 6 nitrogen and oxygen atoms in total. The number of Topliss-reactive ketones (excluding diaryl/α,β-unsaturated/α-hetero) is 1. The fraction of sp³-hybridized carbons (Fsp3) is 0.562. The minimum absolute atomic E-state index is 0.0210. The van der Waals surface area contributed by atoms with E-state index < -0.39 is 0 Å². The maximum absolute atomic E-state index is 12.9. The summed E-state index contributed by atoms with van der Waals surface area (Å²) >= 11 is 0. The molecular weight excluding hydrogens is 476 g/mol. The summed E-state index contributed by atoms with van der Waals surface area (Å²) < 4.78 is 11.0. The summed E-state index contributed by atoms with van der Waals surface area (Å²) in [5, 5.41) is 0. The fourth-order valence-corrected chi connectivity index (χ4v) is 4.41. The van der Waals surface area contributed by atoms with Crippen LogP contribution in [0.25, 0.3) is 0 Å². The van der Waals surface area contributed by atoms with Gasteiger partial charge in [-0.3, -0.25) is 9.59 Å². The third kappa shape index (κ3) is 11.0. The summed E-state index contributed by atoms with van der Waals surface area (Å²) in [4.78, 5) is 29.5. The highest BCUT2D eigenvalue weighted by Crippen LogP contribution is 2.26. The molecule has 0 aromatic heterocycles. The minimum atomic E-state index is -0.0210. The maximum Gasteiger partial charge on any atom is 0.250 e. The molecule has 0 unspecified atom stereocenters. The molecule has 2 heterocycles. The van der Waals surface area contributed by atoms with Crippen LogP contribution in [0.5, 0.6) is 0 Å². The summed E-state index contributed by atoms with van der Waals surface area (Å²) in [6, 6.07) is 5.77. The molecule has 1 aromatic rings. The van der Waals surface area contributed by atoms with Crippen LogP contribution in [0.15, 0.2) is 54.3 Å². The number of amides is 1. The first-order valence-corrected chi connectivity index (χ1v) is 14.2. The molecule has 6 heteroatoms. The normalized spacial score (nSPS) is 15.9. The van der Waals surface area contributed by atoms with Gasteiger partial charge in [-0.15, -0.1) is 0 Å². The standard InChI is InChI=1S/C26H35NO4.C6H13N/c1-5-14-30-16-8-9-25(28)21-11-12-22-18-27(19-23(22)17-21)26(29)20(4)10-13-24(7-3)31-15-6-2;1-7-5-3-2-4-6-7/h7,10-13,17H,3,5-6,8-9,14-16,18-19H2,1-2,4H3;2-6H2,1H3/b20-10+,24-13+;. The molecule has 3 rings (SSSR count). The van der Waals surface area contributed by atoms with Gasteiger partial charge >= 0.3 is 0 Å². The average Bonchev–Trinajstić information content (AvgIpc) is 3.36. The van der Waals surface area contributed by atoms with E-state index in [0.29, 0.717) is 49.6 Å². The van der Waals surface area contributed by atoms with Crippen LogP contribution in [-0.4, -0.2) is 61.4 Å². The van der Waals surface area contributed by atoms with E-state index in [1.165, 1.54) is 32.4 Å². The van der Waals surface area contributed by atoms with Crippen molar-refractivity contribution in [3.8, 4) is 0 Å². The molecule has 210 valence electrons. The average molecular weight is 525 g/mol. The lowest BCUT2D eigenvalue weighted by atomic mass is 10.0. The van der Waals surface area contributed by atoms with E-state index in [0.717, 1.165) is 37.0 Å². The van der Waals surface area contributed by atoms with E-state index in [2.05, 4.69) is 25.5 Å². The third-order valence-corrected chi connectivity index (χ3v) is 6.67. The van der Waals surface area contributed by atoms with Crippen LogP contribution >= 0.6 is 0 Å². The molecule has 0 spiro atoms. The van der Waals surface area contributed by atoms with Crippen molar-refractivity contribution in [3.63, 3.8) is 0 Å². The first-order chi connectivity index (χ1) is 18.4. The number of piperidine rings is 1. The highest BCUT2D eigenvalue weighted by Gasteiger charge is 2.24. The van der Waals surface area contributed by atoms with Crippen molar-refractivity contribution in [2.75, 3.05) is 40.0 Å². The predicted octanol–water partition coefficient (Wildman–Crippen LogP) is 6.46. The molecule has 1 fully saturated rings. The van der Waals surface area contributed by atoms with Crippen LogP contribution in [0, 0.1) is 0 Å². The summed E-state index contributed by atoms with van der Waals surface area (Å²) in [5.74, 6) is 0.757. The molecule has 2 aliphatic heterocycles. The zero-order valence-corrected chi connectivity index (χ0v) is 24.1. The fourth-order valence-electron chi connectivity index (χ4n) is 4.41. The smallest absolute Gasteiger partial charge is 0.250 e. The van der Waals surface area contributed by atoms with Gasteiger partial charge in [-0.25, -0.2) is 0 Å². The van der Waals surface area contributed by atoms with Crippen molar-refractivity contribution in [3.05, 3.63) is 71.0 Å². The lowest BCUT2D eigenvalue weighted by Gasteiger charge is -2.20. The van der Waals surface area contributed by atoms with E-state index in [-0.39, 0.29) is 11.7 Å². The van der Waals surface area contributed by atoms with Crippen LogP contribution in [0.3, 0.4) is 0 Å². The second-order valence-electron chi connectivity index (χ2n) is 10.1. The van der Waals surface area contributed by atoms with Crippen molar-refractivity contribution >= 4 is 11.7 Å². The van der Waals surface area contributed by atoms with Gasteiger partial charge in [0.25, 0.3) is 0 Å². The number of carbonyl (C=O) groups excluding carboxylic acids is 2. The van der Waals surface area contributed by atoms with Crippen LogP contribution in [0.4, 0.5) is 0 Å². The van der Waals surface area contributed by atoms with Crippen molar-refractivity contribution in [2.45, 2.75) is 78.8 Å². The quantitative estimate of drug-likeness (QED) is 0.0974. The molecule has 1 saturated heterocycles. The van der Waals surface area contributed by atoms with Gasteiger partial charge in [-0.2, -0.15) is 0 Å². The number of ether oxygens (including phenoxy) is 2. The topological polar surface area (TPSA) is 59.1 Å². The van der Waals surface area contributed by atoms with Crippen molar-refractivity contribution in [1.29, 1.82) is 0 Å². The van der Waals surface area contributed by atoms with E-state index in [1.807, 2.05) is 25.1 Å². The number of fused-ring (bicyclic) bond motifs is 1. The number of allylic oxidation sites excluding steroid dienone is 3. The van der Waals surface area contributed by atoms with Gasteiger partial charge in [0.15, 0.2) is 5.78 Å². The number of nitrogens with zero attached hydrogens (tertiary/aromatic N) is 2. The molecule has 0 N–H and O–H groups in total. The summed E-state index contributed by atoms with van der Waals surface area (Å²) in [5.41, 5.74) is 3.48. The number of hydrogen-bond acceptors (Lipinski definition) is 5. The van der Waals surface area contributed by atoms with E-state index in [1.54, 1.807) is 30.1 Å². The Bertz CT molecular complexity index is 960. The van der Waals surface area contributed by atoms with Gasteiger partial charge < -0.3 is 19.3 Å². The number of hydrogen-bond donors (Lipinski definition) is 0. The molecule has 0 radical (unpaired) electrons. The molecule has 38 heavy (non-hydrogen) atoms. The molecule has 0 bridgehead atoms. The Morgan fingerprint density at radius 3 is 2.32 bits per heavy atom. The lowest BCUT2D eigenvalue weighted by molar-refractivity contribution is -0.127. The summed E-state index contributed by atoms with van der Waals surface area (Å²) in [7, 11) is 2.19. The van der Waals surface area contributed by atoms with Gasteiger partial charge in [0.2, 0.25) is 5.91 Å². The minimum Gasteiger partial charge on any atom is -0.494 e. The number of benzene rings is 1. The number of carbonyl (C=O) groups is 2. The molecule has 0 atom stereocenters. The molecule has 2 aliphatic rings. The summed E-state index contributed by atoms with van der Waals surface area (Å²) in [6.45, 7) is 15.3. The Hall–Kier alpha value is -2.70. The van der Waals surface area contributed by atoms with Crippen molar-refractivity contribution in [1.82, 2.24) is 9.80 Å². The van der Waals surface area contributed by atoms with E-state index in [4.69, 9.17) is 9.47 Å². The number of ketones is 1. The molecule has 0 saturated carbocycles. The third-order valence-electron chi connectivity index (χ3n) is 6.67. The van der Waals surface area contributed by atoms with Gasteiger partial charge in [0.1, 0.15) is 5.76 Å². The molecule has 0 aliphatic carbocycles. The number of likely N-dealkylation sites (tertiary alicyclic amines) is 1. The van der Waals surface area contributed by atoms with Crippen LogP contribution in [-0.2, 0) is 27.4 Å². The largest absolute Gasteiger partial charge is 0.494 e. The molecule has 1 amide bonds. The van der Waals surface area contributed by atoms with Gasteiger partial charge in [0.05, 0.1) is 6.61 Å². The van der Waals surface area contributed by atoms with Crippen LogP contribution in [0.2, 0.25) is 0 Å². The first kappa shape index (κ1) is 31.5. The van der Waals surface area contributed by atoms with Crippen LogP contribution < -0.4 is 0 Å². The number of rotatable bonds is 13. The zero-order chi connectivity index (χ0) is 27.8. The Morgan fingerprint density at radius 2 is 1.68 bits per heavy atom. The van der Waals surface area contributed by atoms with Crippen LogP contribution in [0.1, 0.15) is 87.2 Å². The SMILES string of the molecule is C=C/C(=C\C=C(/C)C(=O)N1Cc2ccc(C(=O)CCCOCCC)cc2C1)OCCC.CN1CCCCC1. The molecule has 1 aromatic carbocycles. The predicted molar refractivity (Wildman–Crippen MR) is 155 cm³/mol. The lowest BCUT2D eigenvalue weighted by Crippen LogP contribution is -2.25. The Morgan fingerprint density at radius 1 is 0.974 bits per heavy atom. The monoisotopic (exact) mass is 524 g/mol. The van der Waals surface area contributed by atoms with Gasteiger partial charge in [-0.05, 0) is 88.5 Å². The maximum atomic E-state index is 12.9. The van der Waals surface area contributed by atoms with Gasteiger partial charge in [0, 0.05) is 43.9 Å². The van der Waals surface area contributed by atoms with Crippen molar-refractivity contribution < 1.29 is 19.1 Å². The molecular formula is C32H48N2O4. The Balaban J connectivity index is 0.000000624. The Kier molecular flexibility index (Phi) is 14.7. The first-order valence-electron chi connectivity index (χ1n) is 14.2.